The summed E-state index contributed by atoms with van der Waals surface area (Å²) in [5.41, 5.74) is 1.40. The van der Waals surface area contributed by atoms with Crippen molar-refractivity contribution >= 4 is 22.8 Å². The van der Waals surface area contributed by atoms with Crippen LogP contribution in [0.5, 0.6) is 0 Å². The van der Waals surface area contributed by atoms with Crippen LogP contribution in [-0.2, 0) is 37.5 Å². The van der Waals surface area contributed by atoms with Gasteiger partial charge >= 0.3 is 5.69 Å². The number of benzene rings is 1. The van der Waals surface area contributed by atoms with Crippen LogP contribution in [-0.4, -0.2) is 36.2 Å². The maximum atomic E-state index is 13.5. The first-order chi connectivity index (χ1) is 16.0. The van der Waals surface area contributed by atoms with Gasteiger partial charge in [-0.25, -0.2) is 14.3 Å². The van der Waals surface area contributed by atoms with E-state index in [1.165, 1.54) is 4.57 Å². The predicted octanol–water partition coefficient (Wildman–Crippen LogP) is 2.04. The molecule has 0 saturated carbocycles. The van der Waals surface area contributed by atoms with E-state index < -0.39 is 11.2 Å². The molecule has 4 rings (SSSR count). The quantitative estimate of drug-likeness (QED) is 0.562. The first-order valence-electron chi connectivity index (χ1n) is 11.7. The number of anilines is 1. The normalized spacial score (nSPS) is 13.5. The van der Waals surface area contributed by atoms with Crippen molar-refractivity contribution in [3.8, 4) is 0 Å². The number of hydrogen-bond donors (Lipinski definition) is 1. The Morgan fingerprint density at radius 3 is 2.58 bits per heavy atom. The van der Waals surface area contributed by atoms with Crippen LogP contribution in [0.2, 0.25) is 0 Å². The minimum Gasteiger partial charge on any atom is -0.388 e. The number of aliphatic hydroxyl groups is 1. The molecule has 3 aromatic rings. The lowest BCUT2D eigenvalue weighted by Gasteiger charge is -2.29. The molecule has 0 radical (unpaired) electrons. The SMILES string of the molecule is CCCCn1c(=O)n(CC(=O)N2CCCc3ccccc32)c(=O)c2c1nc(CO)n2CCC. The highest BCUT2D eigenvalue weighted by Crippen LogP contribution is 2.26. The number of para-hydroxylation sites is 1. The van der Waals surface area contributed by atoms with Crippen molar-refractivity contribution in [1.29, 1.82) is 0 Å². The molecule has 2 aromatic heterocycles. The van der Waals surface area contributed by atoms with Crippen LogP contribution in [0.1, 0.15) is 50.9 Å². The van der Waals surface area contributed by atoms with Gasteiger partial charge in [0.25, 0.3) is 5.56 Å². The molecule has 0 aliphatic carbocycles. The molecule has 1 aromatic carbocycles. The minimum absolute atomic E-state index is 0.267. The molecular weight excluding hydrogens is 422 g/mol. The standard InChI is InChI=1S/C24H31N5O4/c1-3-5-13-28-22-21(27(12-4-2)19(16-30)25-22)23(32)29(24(28)33)15-20(31)26-14-8-10-17-9-6-7-11-18(17)26/h6-7,9,11,30H,3-5,8,10,12-16H2,1-2H3. The van der Waals surface area contributed by atoms with Gasteiger partial charge in [0.05, 0.1) is 0 Å². The number of fused-ring (bicyclic) bond motifs is 2. The van der Waals surface area contributed by atoms with Crippen LogP contribution >= 0.6 is 0 Å². The Bertz CT molecular complexity index is 1290. The van der Waals surface area contributed by atoms with Crippen LogP contribution in [0.25, 0.3) is 11.2 Å². The molecule has 1 amide bonds. The van der Waals surface area contributed by atoms with Crippen molar-refractivity contribution in [3.05, 3.63) is 56.5 Å². The Balaban J connectivity index is 1.84. The van der Waals surface area contributed by atoms with E-state index in [1.54, 1.807) is 9.47 Å². The second-order valence-corrected chi connectivity index (χ2v) is 8.47. The highest BCUT2D eigenvalue weighted by Gasteiger charge is 2.26. The lowest BCUT2D eigenvalue weighted by atomic mass is 10.0. The number of unbranched alkanes of at least 4 members (excludes halogenated alkanes) is 1. The number of carbonyl (C=O) groups is 1. The molecule has 0 bridgehead atoms. The number of imidazole rings is 1. The van der Waals surface area contributed by atoms with Crippen LogP contribution in [0.4, 0.5) is 5.69 Å². The van der Waals surface area contributed by atoms with Crippen LogP contribution in [0.15, 0.2) is 33.9 Å². The molecule has 0 spiro atoms. The van der Waals surface area contributed by atoms with E-state index in [0.717, 1.165) is 47.9 Å². The van der Waals surface area contributed by atoms with E-state index in [1.807, 2.05) is 38.1 Å². The molecule has 3 heterocycles. The van der Waals surface area contributed by atoms with Gasteiger partial charge in [-0.05, 0) is 37.3 Å². The fourth-order valence-corrected chi connectivity index (χ4v) is 4.59. The van der Waals surface area contributed by atoms with E-state index in [0.29, 0.717) is 25.5 Å². The molecule has 9 nitrogen and oxygen atoms in total. The fourth-order valence-electron chi connectivity index (χ4n) is 4.59. The van der Waals surface area contributed by atoms with Gasteiger partial charge in [0.2, 0.25) is 5.91 Å². The van der Waals surface area contributed by atoms with Crippen LogP contribution < -0.4 is 16.1 Å². The molecule has 1 aliphatic rings. The largest absolute Gasteiger partial charge is 0.388 e. The van der Waals surface area contributed by atoms with Gasteiger partial charge in [0.15, 0.2) is 11.2 Å². The third-order valence-corrected chi connectivity index (χ3v) is 6.22. The van der Waals surface area contributed by atoms with Gasteiger partial charge in [-0.15, -0.1) is 0 Å². The van der Waals surface area contributed by atoms with Gasteiger partial charge in [0, 0.05) is 25.3 Å². The highest BCUT2D eigenvalue weighted by molar-refractivity contribution is 5.94. The van der Waals surface area contributed by atoms with Gasteiger partial charge in [0.1, 0.15) is 19.0 Å². The number of hydrogen-bond acceptors (Lipinski definition) is 5. The highest BCUT2D eigenvalue weighted by atomic mass is 16.3. The smallest absolute Gasteiger partial charge is 0.333 e. The third kappa shape index (κ3) is 4.13. The van der Waals surface area contributed by atoms with Gasteiger partial charge in [-0.1, -0.05) is 38.5 Å². The van der Waals surface area contributed by atoms with Crippen molar-refractivity contribution in [2.75, 3.05) is 11.4 Å². The lowest BCUT2D eigenvalue weighted by Crippen LogP contribution is -2.46. The first-order valence-corrected chi connectivity index (χ1v) is 11.7. The Morgan fingerprint density at radius 1 is 1.06 bits per heavy atom. The molecule has 0 unspecified atom stereocenters. The van der Waals surface area contributed by atoms with Crippen molar-refractivity contribution in [3.63, 3.8) is 0 Å². The van der Waals surface area contributed by atoms with Crippen molar-refractivity contribution in [1.82, 2.24) is 18.7 Å². The summed E-state index contributed by atoms with van der Waals surface area (Å²) >= 11 is 0. The monoisotopic (exact) mass is 453 g/mol. The summed E-state index contributed by atoms with van der Waals surface area (Å²) < 4.78 is 4.19. The lowest BCUT2D eigenvalue weighted by molar-refractivity contribution is -0.119. The molecule has 1 N–H and O–H groups in total. The predicted molar refractivity (Wildman–Crippen MR) is 126 cm³/mol. The van der Waals surface area contributed by atoms with Crippen molar-refractivity contribution in [2.45, 2.75) is 72.2 Å². The molecule has 33 heavy (non-hydrogen) atoms. The van der Waals surface area contributed by atoms with E-state index in [-0.39, 0.29) is 30.2 Å². The molecule has 0 atom stereocenters. The molecule has 0 saturated heterocycles. The first kappa shape index (κ1) is 23.0. The number of aliphatic hydroxyl groups excluding tert-OH is 1. The zero-order valence-electron chi connectivity index (χ0n) is 19.3. The van der Waals surface area contributed by atoms with E-state index >= 15 is 0 Å². The number of rotatable bonds is 8. The molecular formula is C24H31N5O4. The topological polar surface area (TPSA) is 102 Å². The molecule has 0 fully saturated rings. The molecule has 1 aliphatic heterocycles. The average Bonchev–Trinajstić information content (AvgIpc) is 3.19. The second-order valence-electron chi connectivity index (χ2n) is 8.47. The second kappa shape index (κ2) is 9.74. The number of amides is 1. The Hall–Kier alpha value is -3.20. The zero-order chi connectivity index (χ0) is 23.5. The summed E-state index contributed by atoms with van der Waals surface area (Å²) in [5.74, 6) is 0.0642. The maximum absolute atomic E-state index is 13.5. The summed E-state index contributed by atoms with van der Waals surface area (Å²) in [4.78, 5) is 46.3. The number of aryl methyl sites for hydroxylation is 3. The summed E-state index contributed by atoms with van der Waals surface area (Å²) in [5, 5.41) is 9.81. The van der Waals surface area contributed by atoms with Gasteiger partial charge in [-0.2, -0.15) is 0 Å². The Morgan fingerprint density at radius 2 is 1.85 bits per heavy atom. The van der Waals surface area contributed by atoms with E-state index in [2.05, 4.69) is 4.98 Å². The van der Waals surface area contributed by atoms with E-state index in [4.69, 9.17) is 0 Å². The van der Waals surface area contributed by atoms with Gasteiger partial charge in [-0.3, -0.25) is 14.2 Å². The Labute approximate surface area is 191 Å². The van der Waals surface area contributed by atoms with Crippen LogP contribution in [0, 0.1) is 0 Å². The number of aromatic nitrogens is 4. The zero-order valence-corrected chi connectivity index (χ0v) is 19.3. The third-order valence-electron chi connectivity index (χ3n) is 6.22. The summed E-state index contributed by atoms with van der Waals surface area (Å²) in [6.45, 7) is 4.75. The number of nitrogens with zero attached hydrogens (tertiary/aromatic N) is 5. The summed E-state index contributed by atoms with van der Waals surface area (Å²) in [6, 6.07) is 7.75. The fraction of sp³-hybridized carbons (Fsp3) is 0.500. The molecule has 9 heteroatoms. The minimum atomic E-state index is -0.540. The Kier molecular flexibility index (Phi) is 6.78. The van der Waals surface area contributed by atoms with Crippen molar-refractivity contribution < 1.29 is 9.90 Å². The summed E-state index contributed by atoms with van der Waals surface area (Å²) in [6.07, 6.45) is 4.06. The van der Waals surface area contributed by atoms with Crippen LogP contribution in [0.3, 0.4) is 0 Å². The number of carbonyl (C=O) groups excluding carboxylic acids is 1. The summed E-state index contributed by atoms with van der Waals surface area (Å²) in [7, 11) is 0. The van der Waals surface area contributed by atoms with Crippen molar-refractivity contribution in [2.24, 2.45) is 0 Å². The average molecular weight is 454 g/mol. The molecule has 176 valence electrons. The maximum Gasteiger partial charge on any atom is 0.333 e. The van der Waals surface area contributed by atoms with E-state index in [9.17, 15) is 19.5 Å². The van der Waals surface area contributed by atoms with Gasteiger partial charge < -0.3 is 14.6 Å².